The Morgan fingerprint density at radius 1 is 1.27 bits per heavy atom. The number of hydrogen-bond acceptors (Lipinski definition) is 2. The zero-order chi connectivity index (χ0) is 11.0. The Balaban J connectivity index is 1.77. The average Bonchev–Trinajstić information content (AvgIpc) is 2.73. The Bertz CT molecular complexity index is 290. The van der Waals surface area contributed by atoms with E-state index in [1.165, 1.54) is 0 Å². The molecule has 84 valence electrons. The van der Waals surface area contributed by atoms with Crippen molar-refractivity contribution in [3.05, 3.63) is 0 Å². The van der Waals surface area contributed by atoms with Crippen LogP contribution in [0, 0.1) is 17.8 Å². The van der Waals surface area contributed by atoms with Crippen LogP contribution in [-0.2, 0) is 9.59 Å². The molecule has 0 heterocycles. The normalized spacial score (nSPS) is 38.7. The van der Waals surface area contributed by atoms with E-state index in [4.69, 9.17) is 5.11 Å². The molecule has 2 N–H and O–H groups in total. The van der Waals surface area contributed by atoms with Gasteiger partial charge in [-0.25, -0.2) is 0 Å². The molecule has 0 saturated heterocycles. The van der Waals surface area contributed by atoms with E-state index in [2.05, 4.69) is 12.2 Å². The van der Waals surface area contributed by atoms with Crippen LogP contribution >= 0.6 is 0 Å². The summed E-state index contributed by atoms with van der Waals surface area (Å²) in [5.74, 6) is -0.160. The maximum Gasteiger partial charge on any atom is 0.306 e. The zero-order valence-corrected chi connectivity index (χ0v) is 8.90. The molecule has 2 aliphatic carbocycles. The molecule has 0 spiro atoms. The van der Waals surface area contributed by atoms with Gasteiger partial charge < -0.3 is 10.4 Å². The van der Waals surface area contributed by atoms with Crippen LogP contribution in [0.2, 0.25) is 0 Å². The van der Waals surface area contributed by atoms with Gasteiger partial charge in [-0.15, -0.1) is 0 Å². The van der Waals surface area contributed by atoms with E-state index in [1.807, 2.05) is 0 Å². The summed E-state index contributed by atoms with van der Waals surface area (Å²) in [5.41, 5.74) is 0. The minimum Gasteiger partial charge on any atom is -0.481 e. The third-order valence-corrected chi connectivity index (χ3v) is 3.57. The van der Waals surface area contributed by atoms with Crippen molar-refractivity contribution in [2.75, 3.05) is 0 Å². The van der Waals surface area contributed by atoms with Crippen LogP contribution in [0.1, 0.15) is 32.6 Å². The van der Waals surface area contributed by atoms with Crippen molar-refractivity contribution in [3.63, 3.8) is 0 Å². The highest BCUT2D eigenvalue weighted by molar-refractivity contribution is 5.81. The maximum atomic E-state index is 11.6. The van der Waals surface area contributed by atoms with Gasteiger partial charge in [0, 0.05) is 12.0 Å². The molecule has 4 atom stereocenters. The van der Waals surface area contributed by atoms with E-state index in [9.17, 15) is 9.59 Å². The fourth-order valence-electron chi connectivity index (χ4n) is 2.33. The van der Waals surface area contributed by atoms with Crippen molar-refractivity contribution in [2.24, 2.45) is 17.8 Å². The first-order valence-corrected chi connectivity index (χ1v) is 5.61. The quantitative estimate of drug-likeness (QED) is 0.732. The lowest BCUT2D eigenvalue weighted by atomic mass is 10.1. The minimum atomic E-state index is -0.730. The predicted octanol–water partition coefficient (Wildman–Crippen LogP) is 1.01. The Labute approximate surface area is 89.0 Å². The Morgan fingerprint density at radius 3 is 2.40 bits per heavy atom. The molecule has 1 amide bonds. The summed E-state index contributed by atoms with van der Waals surface area (Å²) in [6.45, 7) is 2.07. The van der Waals surface area contributed by atoms with Crippen LogP contribution in [0.25, 0.3) is 0 Å². The molecule has 2 saturated carbocycles. The van der Waals surface area contributed by atoms with Gasteiger partial charge in [-0.1, -0.05) is 6.92 Å². The molecular weight excluding hydrogens is 194 g/mol. The van der Waals surface area contributed by atoms with Crippen LogP contribution < -0.4 is 5.32 Å². The van der Waals surface area contributed by atoms with Gasteiger partial charge in [0.1, 0.15) is 0 Å². The van der Waals surface area contributed by atoms with Gasteiger partial charge >= 0.3 is 5.97 Å². The minimum absolute atomic E-state index is 0.0893. The average molecular weight is 211 g/mol. The molecule has 0 unspecified atom stereocenters. The summed E-state index contributed by atoms with van der Waals surface area (Å²) in [6, 6.07) is 0.0893. The summed E-state index contributed by atoms with van der Waals surface area (Å²) >= 11 is 0. The van der Waals surface area contributed by atoms with Gasteiger partial charge in [0.2, 0.25) is 5.91 Å². The summed E-state index contributed by atoms with van der Waals surface area (Å²) in [4.78, 5) is 22.3. The van der Waals surface area contributed by atoms with E-state index in [1.54, 1.807) is 0 Å². The molecule has 0 radical (unpaired) electrons. The molecule has 2 aliphatic rings. The molecule has 0 aromatic heterocycles. The number of carboxylic acids is 1. The molecule has 0 aromatic rings. The Kier molecular flexibility index (Phi) is 2.67. The number of carboxylic acid groups (broad SMARTS) is 1. The van der Waals surface area contributed by atoms with E-state index in [-0.39, 0.29) is 23.8 Å². The lowest BCUT2D eigenvalue weighted by Crippen LogP contribution is -2.34. The molecule has 0 aliphatic heterocycles. The van der Waals surface area contributed by atoms with Crippen molar-refractivity contribution in [1.29, 1.82) is 0 Å². The van der Waals surface area contributed by atoms with Crippen LogP contribution in [0.15, 0.2) is 0 Å². The fourth-order valence-corrected chi connectivity index (χ4v) is 2.33. The highest BCUT2D eigenvalue weighted by atomic mass is 16.4. The number of aliphatic carboxylic acids is 1. The van der Waals surface area contributed by atoms with Gasteiger partial charge in [-0.3, -0.25) is 9.59 Å². The van der Waals surface area contributed by atoms with Gasteiger partial charge in [-0.2, -0.15) is 0 Å². The number of hydrogen-bond donors (Lipinski definition) is 2. The highest BCUT2D eigenvalue weighted by Gasteiger charge is 2.40. The van der Waals surface area contributed by atoms with Gasteiger partial charge in [0.25, 0.3) is 0 Å². The Morgan fingerprint density at radius 2 is 1.93 bits per heavy atom. The largest absolute Gasteiger partial charge is 0.481 e. The lowest BCUT2D eigenvalue weighted by Gasteiger charge is -2.11. The van der Waals surface area contributed by atoms with E-state index in [0.717, 1.165) is 12.8 Å². The van der Waals surface area contributed by atoms with Gasteiger partial charge in [-0.05, 0) is 31.6 Å². The van der Waals surface area contributed by atoms with Crippen molar-refractivity contribution < 1.29 is 14.7 Å². The van der Waals surface area contributed by atoms with Crippen molar-refractivity contribution in [3.8, 4) is 0 Å². The highest BCUT2D eigenvalue weighted by Crippen LogP contribution is 2.38. The molecule has 2 rings (SSSR count). The molecule has 4 heteroatoms. The number of nitrogens with one attached hydrogen (secondary N) is 1. The molecular formula is C11H17NO3. The standard InChI is InChI=1S/C11H17NO3/c1-6-4-9(6)10(13)12-8-3-2-7(5-8)11(14)15/h6-9H,2-5H2,1H3,(H,12,13)(H,14,15)/t6-,7-,8+,9+/m1/s1. The zero-order valence-electron chi connectivity index (χ0n) is 8.90. The summed E-state index contributed by atoms with van der Waals surface area (Å²) < 4.78 is 0. The summed E-state index contributed by atoms with van der Waals surface area (Å²) in [5, 5.41) is 11.8. The second-order valence-electron chi connectivity index (χ2n) is 4.87. The lowest BCUT2D eigenvalue weighted by molar-refractivity contribution is -0.141. The second kappa shape index (κ2) is 3.83. The van der Waals surface area contributed by atoms with Crippen molar-refractivity contribution >= 4 is 11.9 Å². The smallest absolute Gasteiger partial charge is 0.306 e. The van der Waals surface area contributed by atoms with E-state index in [0.29, 0.717) is 18.8 Å². The third kappa shape index (κ3) is 2.30. The topological polar surface area (TPSA) is 66.4 Å². The molecule has 0 bridgehead atoms. The molecule has 15 heavy (non-hydrogen) atoms. The van der Waals surface area contributed by atoms with Crippen LogP contribution in [-0.4, -0.2) is 23.0 Å². The number of amides is 1. The number of rotatable bonds is 3. The van der Waals surface area contributed by atoms with Gasteiger partial charge in [0.05, 0.1) is 5.92 Å². The first-order valence-electron chi connectivity index (χ1n) is 5.61. The second-order valence-corrected chi connectivity index (χ2v) is 4.87. The van der Waals surface area contributed by atoms with Gasteiger partial charge in [0.15, 0.2) is 0 Å². The fraction of sp³-hybridized carbons (Fsp3) is 0.818. The Hall–Kier alpha value is -1.06. The first kappa shape index (κ1) is 10.5. The molecule has 2 fully saturated rings. The molecule has 0 aromatic carbocycles. The van der Waals surface area contributed by atoms with Crippen LogP contribution in [0.3, 0.4) is 0 Å². The molecule has 4 nitrogen and oxygen atoms in total. The van der Waals surface area contributed by atoms with E-state index >= 15 is 0 Å². The predicted molar refractivity (Wildman–Crippen MR) is 54.2 cm³/mol. The van der Waals surface area contributed by atoms with Crippen LogP contribution in [0.4, 0.5) is 0 Å². The first-order chi connectivity index (χ1) is 7.08. The number of carbonyl (C=O) groups is 2. The number of carbonyl (C=O) groups excluding carboxylic acids is 1. The van der Waals surface area contributed by atoms with Crippen LogP contribution in [0.5, 0.6) is 0 Å². The summed E-state index contributed by atoms with van der Waals surface area (Å²) in [7, 11) is 0. The monoisotopic (exact) mass is 211 g/mol. The third-order valence-electron chi connectivity index (χ3n) is 3.57. The van der Waals surface area contributed by atoms with Crippen molar-refractivity contribution in [2.45, 2.75) is 38.6 Å². The summed E-state index contributed by atoms with van der Waals surface area (Å²) in [6.07, 6.45) is 3.09. The van der Waals surface area contributed by atoms with Crippen molar-refractivity contribution in [1.82, 2.24) is 5.32 Å². The van der Waals surface area contributed by atoms with E-state index < -0.39 is 5.97 Å². The SMILES string of the molecule is C[C@@H]1C[C@@H]1C(=O)N[C@H]1CC[C@@H](C(=O)O)C1. The maximum absolute atomic E-state index is 11.6.